The predicted octanol–water partition coefficient (Wildman–Crippen LogP) is 2.77. The van der Waals surface area contributed by atoms with Crippen molar-refractivity contribution in [1.29, 1.82) is 0 Å². The molecule has 5 heteroatoms. The van der Waals surface area contributed by atoms with Gasteiger partial charge in [-0.05, 0) is 17.7 Å². The summed E-state index contributed by atoms with van der Waals surface area (Å²) in [5.74, 6) is 0. The Balaban J connectivity index is 2.24. The molecule has 1 aromatic carbocycles. The van der Waals surface area contributed by atoms with Gasteiger partial charge in [0.1, 0.15) is 6.61 Å². The summed E-state index contributed by atoms with van der Waals surface area (Å²) >= 11 is 11.6. The van der Waals surface area contributed by atoms with Crippen LogP contribution in [-0.2, 0) is 4.74 Å². The molecule has 14 heavy (non-hydrogen) atoms. The van der Waals surface area contributed by atoms with Gasteiger partial charge in [-0.15, -0.1) is 0 Å². The average Bonchev–Trinajstić information content (AvgIpc) is 2.57. The first-order valence-electron chi connectivity index (χ1n) is 4.05. The number of amides is 1. The minimum atomic E-state index is -0.402. The first kappa shape index (κ1) is 9.62. The van der Waals surface area contributed by atoms with Crippen molar-refractivity contribution >= 4 is 29.3 Å². The molecule has 74 valence electrons. The van der Waals surface area contributed by atoms with Crippen LogP contribution in [0.2, 0.25) is 10.0 Å². The predicted molar refractivity (Wildman–Crippen MR) is 53.7 cm³/mol. The van der Waals surface area contributed by atoms with Crippen LogP contribution in [0.25, 0.3) is 0 Å². The van der Waals surface area contributed by atoms with Crippen LogP contribution < -0.4 is 5.32 Å². The molecule has 3 nitrogen and oxygen atoms in total. The molecule has 1 aromatic rings. The number of hydrogen-bond donors (Lipinski definition) is 1. The summed E-state index contributed by atoms with van der Waals surface area (Å²) in [6.45, 7) is 0.330. The van der Waals surface area contributed by atoms with E-state index in [1.807, 2.05) is 6.07 Å². The van der Waals surface area contributed by atoms with Gasteiger partial charge in [0, 0.05) is 0 Å². The fraction of sp³-hybridized carbons (Fsp3) is 0.222. The minimum absolute atomic E-state index is 0.128. The quantitative estimate of drug-likeness (QED) is 0.808. The Labute approximate surface area is 91.0 Å². The number of alkyl carbamates (subject to hydrolysis) is 1. The van der Waals surface area contributed by atoms with Crippen LogP contribution in [-0.4, -0.2) is 12.7 Å². The first-order valence-corrected chi connectivity index (χ1v) is 4.80. The van der Waals surface area contributed by atoms with Crippen LogP contribution in [0.1, 0.15) is 11.6 Å². The Morgan fingerprint density at radius 1 is 1.36 bits per heavy atom. The van der Waals surface area contributed by atoms with Crippen LogP contribution >= 0.6 is 23.2 Å². The third kappa shape index (κ3) is 1.79. The molecule has 1 aliphatic heterocycles. The van der Waals surface area contributed by atoms with E-state index in [0.29, 0.717) is 16.7 Å². The monoisotopic (exact) mass is 231 g/mol. The fourth-order valence-corrected chi connectivity index (χ4v) is 1.60. The number of hydrogen-bond acceptors (Lipinski definition) is 2. The molecule has 0 spiro atoms. The van der Waals surface area contributed by atoms with Crippen molar-refractivity contribution in [3.05, 3.63) is 33.8 Å². The summed E-state index contributed by atoms with van der Waals surface area (Å²) in [5.41, 5.74) is 0.894. The molecule has 0 saturated carbocycles. The van der Waals surface area contributed by atoms with Gasteiger partial charge in [0.05, 0.1) is 16.1 Å². The lowest BCUT2D eigenvalue weighted by atomic mass is 10.1. The zero-order valence-corrected chi connectivity index (χ0v) is 8.60. The van der Waals surface area contributed by atoms with E-state index in [-0.39, 0.29) is 6.04 Å². The van der Waals surface area contributed by atoms with Crippen molar-refractivity contribution in [2.24, 2.45) is 0 Å². The SMILES string of the molecule is O=C1N[C@@H](c2ccc(Cl)c(Cl)c2)CO1. The molecule has 1 atom stereocenters. The van der Waals surface area contributed by atoms with Crippen molar-refractivity contribution in [1.82, 2.24) is 5.32 Å². The number of ether oxygens (including phenoxy) is 1. The number of cyclic esters (lactones) is 1. The summed E-state index contributed by atoms with van der Waals surface area (Å²) < 4.78 is 4.76. The van der Waals surface area contributed by atoms with E-state index < -0.39 is 6.09 Å². The molecule has 0 unspecified atom stereocenters. The van der Waals surface area contributed by atoms with E-state index in [1.54, 1.807) is 12.1 Å². The van der Waals surface area contributed by atoms with Gasteiger partial charge in [-0.25, -0.2) is 4.79 Å². The van der Waals surface area contributed by atoms with E-state index in [2.05, 4.69) is 5.32 Å². The van der Waals surface area contributed by atoms with Gasteiger partial charge in [0.2, 0.25) is 0 Å². The standard InChI is InChI=1S/C9H7Cl2NO2/c10-6-2-1-5(3-7(6)11)8-4-14-9(13)12-8/h1-3,8H,4H2,(H,12,13)/t8-/m1/s1. The third-order valence-electron chi connectivity index (χ3n) is 2.02. The molecule has 0 aromatic heterocycles. The van der Waals surface area contributed by atoms with Gasteiger partial charge < -0.3 is 10.1 Å². The zero-order valence-electron chi connectivity index (χ0n) is 7.09. The summed E-state index contributed by atoms with van der Waals surface area (Å²) in [6, 6.07) is 5.11. The highest BCUT2D eigenvalue weighted by molar-refractivity contribution is 6.42. The van der Waals surface area contributed by atoms with Crippen LogP contribution in [0.3, 0.4) is 0 Å². The zero-order chi connectivity index (χ0) is 10.1. The highest BCUT2D eigenvalue weighted by Gasteiger charge is 2.23. The van der Waals surface area contributed by atoms with E-state index in [9.17, 15) is 4.79 Å². The Kier molecular flexibility index (Phi) is 2.52. The molecule has 0 radical (unpaired) electrons. The molecule has 1 heterocycles. The van der Waals surface area contributed by atoms with Crippen molar-refractivity contribution in [2.45, 2.75) is 6.04 Å². The first-order chi connectivity index (χ1) is 6.66. The topological polar surface area (TPSA) is 38.3 Å². The van der Waals surface area contributed by atoms with E-state index in [4.69, 9.17) is 27.9 Å². The Morgan fingerprint density at radius 2 is 2.14 bits per heavy atom. The lowest BCUT2D eigenvalue weighted by molar-refractivity contribution is 0.177. The number of rotatable bonds is 1. The molecule has 0 aliphatic carbocycles. The Bertz CT molecular complexity index is 381. The largest absolute Gasteiger partial charge is 0.447 e. The maximum absolute atomic E-state index is 10.8. The van der Waals surface area contributed by atoms with Crippen LogP contribution in [0.15, 0.2) is 18.2 Å². The van der Waals surface area contributed by atoms with E-state index in [0.717, 1.165) is 5.56 Å². The molecule has 1 saturated heterocycles. The number of nitrogens with one attached hydrogen (secondary N) is 1. The second-order valence-corrected chi connectivity index (χ2v) is 3.78. The molecule has 0 bridgehead atoms. The maximum atomic E-state index is 10.8. The third-order valence-corrected chi connectivity index (χ3v) is 2.76. The summed E-state index contributed by atoms with van der Waals surface area (Å²) in [4.78, 5) is 10.8. The number of carbonyl (C=O) groups excluding carboxylic acids is 1. The van der Waals surface area contributed by atoms with Gasteiger partial charge in [-0.1, -0.05) is 29.3 Å². The van der Waals surface area contributed by atoms with Crippen molar-refractivity contribution in [2.75, 3.05) is 6.61 Å². The Morgan fingerprint density at radius 3 is 2.71 bits per heavy atom. The molecular formula is C9H7Cl2NO2. The molecule has 1 N–H and O–H groups in total. The van der Waals surface area contributed by atoms with E-state index >= 15 is 0 Å². The smallest absolute Gasteiger partial charge is 0.407 e. The summed E-state index contributed by atoms with van der Waals surface area (Å²) in [5, 5.41) is 3.63. The maximum Gasteiger partial charge on any atom is 0.407 e. The van der Waals surface area contributed by atoms with Gasteiger partial charge in [-0.3, -0.25) is 0 Å². The van der Waals surface area contributed by atoms with Gasteiger partial charge in [-0.2, -0.15) is 0 Å². The molecule has 2 rings (SSSR count). The Hall–Kier alpha value is -0.930. The van der Waals surface area contributed by atoms with Crippen LogP contribution in [0.5, 0.6) is 0 Å². The van der Waals surface area contributed by atoms with Gasteiger partial charge in [0.15, 0.2) is 0 Å². The molecule has 1 fully saturated rings. The van der Waals surface area contributed by atoms with Gasteiger partial charge >= 0.3 is 6.09 Å². The number of carbonyl (C=O) groups is 1. The molecular weight excluding hydrogens is 225 g/mol. The van der Waals surface area contributed by atoms with Crippen molar-refractivity contribution < 1.29 is 9.53 Å². The second kappa shape index (κ2) is 3.67. The summed E-state index contributed by atoms with van der Waals surface area (Å²) in [6.07, 6.45) is -0.402. The number of halogens is 2. The minimum Gasteiger partial charge on any atom is -0.447 e. The fourth-order valence-electron chi connectivity index (χ4n) is 1.29. The number of benzene rings is 1. The van der Waals surface area contributed by atoms with Crippen molar-refractivity contribution in [3.8, 4) is 0 Å². The normalized spacial score (nSPS) is 20.4. The molecule has 1 aliphatic rings. The van der Waals surface area contributed by atoms with Gasteiger partial charge in [0.25, 0.3) is 0 Å². The van der Waals surface area contributed by atoms with Crippen LogP contribution in [0, 0.1) is 0 Å². The average molecular weight is 232 g/mol. The van der Waals surface area contributed by atoms with Crippen LogP contribution in [0.4, 0.5) is 4.79 Å². The van der Waals surface area contributed by atoms with E-state index in [1.165, 1.54) is 0 Å². The lowest BCUT2D eigenvalue weighted by Crippen LogP contribution is -2.18. The lowest BCUT2D eigenvalue weighted by Gasteiger charge is -2.08. The summed E-state index contributed by atoms with van der Waals surface area (Å²) in [7, 11) is 0. The highest BCUT2D eigenvalue weighted by atomic mass is 35.5. The van der Waals surface area contributed by atoms with Crippen molar-refractivity contribution in [3.63, 3.8) is 0 Å². The molecule has 1 amide bonds. The second-order valence-electron chi connectivity index (χ2n) is 2.97. The highest BCUT2D eigenvalue weighted by Crippen LogP contribution is 2.27.